The van der Waals surface area contributed by atoms with Crippen LogP contribution in [-0.4, -0.2) is 39.7 Å². The van der Waals surface area contributed by atoms with E-state index >= 15 is 0 Å². The summed E-state index contributed by atoms with van der Waals surface area (Å²) in [4.78, 5) is 17.9. The molecule has 0 saturated carbocycles. The van der Waals surface area contributed by atoms with Crippen LogP contribution >= 0.6 is 0 Å². The standard InChI is InChI=1S/C34H29F2N3O4S/c1-37-34(40)32-28-17-27(24-16-23-5-4-20(10-15-29(23)38-19-24)21-6-11-25(35)12-7-21)30(39(2)44(3,41)42)18-31(28)43-33(32)22-8-13-26(36)14-9-22/h6-20H,4-5H2,1-3H3,(H,37,40). The van der Waals surface area contributed by atoms with Crippen molar-refractivity contribution in [1.29, 1.82) is 0 Å². The lowest BCUT2D eigenvalue weighted by molar-refractivity contribution is 0.0964. The predicted molar refractivity (Wildman–Crippen MR) is 168 cm³/mol. The number of benzene rings is 3. The minimum Gasteiger partial charge on any atom is -0.455 e. The zero-order valence-electron chi connectivity index (χ0n) is 24.3. The van der Waals surface area contributed by atoms with Gasteiger partial charge in [-0.25, -0.2) is 17.2 Å². The molecule has 5 aromatic rings. The van der Waals surface area contributed by atoms with Gasteiger partial charge in [-0.1, -0.05) is 18.2 Å². The summed E-state index contributed by atoms with van der Waals surface area (Å²) in [6.45, 7) is 0. The minimum absolute atomic E-state index is 0.0856. The second-order valence-corrected chi connectivity index (χ2v) is 12.8. The number of fused-ring (bicyclic) bond motifs is 2. The quantitative estimate of drug-likeness (QED) is 0.224. The van der Waals surface area contributed by atoms with Crippen LogP contribution in [0.5, 0.6) is 0 Å². The Morgan fingerprint density at radius 3 is 2.34 bits per heavy atom. The van der Waals surface area contributed by atoms with E-state index in [-0.39, 0.29) is 23.1 Å². The zero-order chi connectivity index (χ0) is 31.2. The van der Waals surface area contributed by atoms with Crippen molar-refractivity contribution < 1.29 is 26.4 Å². The number of nitrogens with one attached hydrogen (secondary N) is 1. The topological polar surface area (TPSA) is 92.5 Å². The zero-order valence-corrected chi connectivity index (χ0v) is 25.1. The van der Waals surface area contributed by atoms with E-state index in [4.69, 9.17) is 9.40 Å². The molecule has 10 heteroatoms. The minimum atomic E-state index is -3.69. The number of pyridine rings is 1. The normalized spacial score (nSPS) is 14.7. The third-order valence-electron chi connectivity index (χ3n) is 8.03. The van der Waals surface area contributed by atoms with Gasteiger partial charge in [-0.2, -0.15) is 0 Å². The number of nitrogens with zero attached hydrogens (tertiary/aromatic N) is 2. The van der Waals surface area contributed by atoms with Crippen molar-refractivity contribution in [3.63, 3.8) is 0 Å². The van der Waals surface area contributed by atoms with E-state index < -0.39 is 21.7 Å². The molecule has 1 unspecified atom stereocenters. The van der Waals surface area contributed by atoms with Gasteiger partial charge >= 0.3 is 0 Å². The number of furan rings is 1. The molecule has 1 amide bonds. The van der Waals surface area contributed by atoms with E-state index in [1.54, 1.807) is 30.5 Å². The van der Waals surface area contributed by atoms with Crippen molar-refractivity contribution in [2.45, 2.75) is 18.8 Å². The molecule has 0 fully saturated rings. The lowest BCUT2D eigenvalue weighted by Crippen LogP contribution is -2.25. The Bertz CT molecular complexity index is 2040. The second-order valence-electron chi connectivity index (χ2n) is 10.8. The fourth-order valence-electron chi connectivity index (χ4n) is 5.58. The summed E-state index contributed by atoms with van der Waals surface area (Å²) in [6.07, 6.45) is 8.29. The van der Waals surface area contributed by atoms with Gasteiger partial charge in [-0.3, -0.25) is 14.1 Å². The Kier molecular flexibility index (Phi) is 7.54. The fraction of sp³-hybridized carbons (Fsp3) is 0.176. The maximum Gasteiger partial charge on any atom is 0.255 e. The maximum absolute atomic E-state index is 13.7. The van der Waals surface area contributed by atoms with Gasteiger partial charge in [-0.05, 0) is 78.6 Å². The first kappa shape index (κ1) is 29.3. The van der Waals surface area contributed by atoms with Gasteiger partial charge in [0.25, 0.3) is 5.91 Å². The monoisotopic (exact) mass is 613 g/mol. The summed E-state index contributed by atoms with van der Waals surface area (Å²) in [5.41, 5.74) is 5.37. The molecule has 2 heterocycles. The molecule has 1 aliphatic carbocycles. The molecule has 1 aliphatic rings. The van der Waals surface area contributed by atoms with Crippen LogP contribution in [0.15, 0.2) is 83.4 Å². The molecule has 0 saturated heterocycles. The molecule has 1 atom stereocenters. The molecular weight excluding hydrogens is 584 g/mol. The smallest absolute Gasteiger partial charge is 0.255 e. The highest BCUT2D eigenvalue weighted by atomic mass is 32.2. The summed E-state index contributed by atoms with van der Waals surface area (Å²) >= 11 is 0. The van der Waals surface area contributed by atoms with E-state index in [9.17, 15) is 22.0 Å². The molecule has 44 heavy (non-hydrogen) atoms. The lowest BCUT2D eigenvalue weighted by Gasteiger charge is -2.21. The number of amides is 1. The molecule has 0 aliphatic heterocycles. The van der Waals surface area contributed by atoms with Crippen molar-refractivity contribution in [3.05, 3.63) is 113 Å². The van der Waals surface area contributed by atoms with E-state index in [1.807, 2.05) is 12.1 Å². The second kappa shape index (κ2) is 11.3. The van der Waals surface area contributed by atoms with Crippen molar-refractivity contribution in [1.82, 2.24) is 10.3 Å². The first-order valence-electron chi connectivity index (χ1n) is 14.0. The highest BCUT2D eigenvalue weighted by molar-refractivity contribution is 7.92. The molecule has 2 aromatic heterocycles. The number of aryl methyl sites for hydroxylation is 1. The van der Waals surface area contributed by atoms with Crippen LogP contribution in [0.25, 0.3) is 39.5 Å². The number of allylic oxidation sites excluding steroid dienone is 1. The third kappa shape index (κ3) is 5.48. The van der Waals surface area contributed by atoms with Crippen LogP contribution in [0.3, 0.4) is 0 Å². The number of anilines is 1. The summed E-state index contributed by atoms with van der Waals surface area (Å²) in [5.74, 6) is -0.797. The fourth-order valence-corrected chi connectivity index (χ4v) is 6.09. The Morgan fingerprint density at radius 2 is 1.68 bits per heavy atom. The van der Waals surface area contributed by atoms with Crippen LogP contribution in [0.4, 0.5) is 14.5 Å². The third-order valence-corrected chi connectivity index (χ3v) is 9.22. The molecule has 0 bridgehead atoms. The lowest BCUT2D eigenvalue weighted by atomic mass is 9.93. The molecule has 224 valence electrons. The molecule has 1 N–H and O–H groups in total. The van der Waals surface area contributed by atoms with Crippen LogP contribution in [-0.2, 0) is 16.4 Å². The van der Waals surface area contributed by atoms with Crippen molar-refractivity contribution in [2.24, 2.45) is 0 Å². The average molecular weight is 614 g/mol. The number of hydrogen-bond donors (Lipinski definition) is 1. The summed E-state index contributed by atoms with van der Waals surface area (Å²) in [7, 11) is -0.728. The first-order valence-corrected chi connectivity index (χ1v) is 15.8. The van der Waals surface area contributed by atoms with E-state index in [2.05, 4.69) is 11.4 Å². The maximum atomic E-state index is 13.7. The molecule has 0 radical (unpaired) electrons. The number of carbonyl (C=O) groups is 1. The van der Waals surface area contributed by atoms with E-state index in [0.717, 1.165) is 33.8 Å². The molecule has 3 aromatic carbocycles. The number of halogens is 2. The van der Waals surface area contributed by atoms with Crippen molar-refractivity contribution in [2.75, 3.05) is 24.7 Å². The molecule has 7 nitrogen and oxygen atoms in total. The molecular formula is C34H29F2N3O4S. The van der Waals surface area contributed by atoms with Crippen LogP contribution in [0.2, 0.25) is 0 Å². The molecule has 6 rings (SSSR count). The Morgan fingerprint density at radius 1 is 1.00 bits per heavy atom. The SMILES string of the molecule is CNC(=O)c1c(-c2ccc(F)cc2)oc2cc(N(C)S(C)(=O)=O)c(-c3cnc4c(c3)CCC(c3ccc(F)cc3)C=C4)cc12. The predicted octanol–water partition coefficient (Wildman–Crippen LogP) is 6.94. The van der Waals surface area contributed by atoms with Gasteiger partial charge in [0, 0.05) is 54.4 Å². The van der Waals surface area contributed by atoms with E-state index in [0.29, 0.717) is 39.8 Å². The summed E-state index contributed by atoms with van der Waals surface area (Å²) in [6, 6.07) is 17.4. The Balaban J connectivity index is 1.50. The van der Waals surface area contributed by atoms with Crippen LogP contribution in [0, 0.1) is 11.6 Å². The highest BCUT2D eigenvalue weighted by Crippen LogP contribution is 2.42. The number of carbonyl (C=O) groups excluding carboxylic acids is 1. The number of sulfonamides is 1. The summed E-state index contributed by atoms with van der Waals surface area (Å²) < 4.78 is 60.0. The molecule has 0 spiro atoms. The van der Waals surface area contributed by atoms with Gasteiger partial charge in [0.05, 0.1) is 23.2 Å². The first-order chi connectivity index (χ1) is 21.0. The van der Waals surface area contributed by atoms with Gasteiger partial charge < -0.3 is 9.73 Å². The van der Waals surface area contributed by atoms with Gasteiger partial charge in [-0.15, -0.1) is 0 Å². The van der Waals surface area contributed by atoms with Crippen molar-refractivity contribution in [3.8, 4) is 22.5 Å². The number of rotatable bonds is 6. The van der Waals surface area contributed by atoms with Crippen LogP contribution in [0.1, 0.15) is 39.5 Å². The van der Waals surface area contributed by atoms with Gasteiger partial charge in [0.1, 0.15) is 23.0 Å². The largest absolute Gasteiger partial charge is 0.455 e. The average Bonchev–Trinajstić information content (AvgIpc) is 3.25. The van der Waals surface area contributed by atoms with Gasteiger partial charge in [0.15, 0.2) is 0 Å². The van der Waals surface area contributed by atoms with Gasteiger partial charge in [0.2, 0.25) is 10.0 Å². The number of aromatic nitrogens is 1. The van der Waals surface area contributed by atoms with Crippen molar-refractivity contribution >= 4 is 38.7 Å². The number of hydrogen-bond acceptors (Lipinski definition) is 5. The summed E-state index contributed by atoms with van der Waals surface area (Å²) in [5, 5.41) is 3.12. The van der Waals surface area contributed by atoms with E-state index in [1.165, 1.54) is 50.5 Å². The van der Waals surface area contributed by atoms with Crippen LogP contribution < -0.4 is 9.62 Å². The highest BCUT2D eigenvalue weighted by Gasteiger charge is 2.26. The Hall–Kier alpha value is -4.83. The Labute approximate surface area is 253 Å².